The number of halogens is 1. The SMILES string of the molecule is CCc1ccccc1NC(=O)[C@H](CC)Sc1nc2ccsc2c(=O)n1NC(=O)COc1ccccc1Br. The summed E-state index contributed by atoms with van der Waals surface area (Å²) >= 11 is 5.75. The zero-order valence-corrected chi connectivity index (χ0v) is 23.4. The molecule has 2 aromatic heterocycles. The molecule has 192 valence electrons. The van der Waals surface area contributed by atoms with Gasteiger partial charge in [0.1, 0.15) is 10.4 Å². The predicted octanol–water partition coefficient (Wildman–Crippen LogP) is 5.44. The number of ether oxygens (including phenoxy) is 1. The molecular weight excluding hydrogens is 576 g/mol. The van der Waals surface area contributed by atoms with Crippen molar-refractivity contribution in [1.82, 2.24) is 9.66 Å². The lowest BCUT2D eigenvalue weighted by Crippen LogP contribution is -2.37. The number of para-hydroxylation sites is 2. The minimum atomic E-state index is -0.549. The molecule has 0 radical (unpaired) electrons. The van der Waals surface area contributed by atoms with Gasteiger partial charge in [0.15, 0.2) is 11.8 Å². The molecule has 0 unspecified atom stereocenters. The van der Waals surface area contributed by atoms with Crippen LogP contribution in [-0.2, 0) is 16.0 Å². The van der Waals surface area contributed by atoms with E-state index in [1.807, 2.05) is 44.2 Å². The van der Waals surface area contributed by atoms with Crippen LogP contribution in [0.5, 0.6) is 5.75 Å². The van der Waals surface area contributed by atoms with E-state index in [0.717, 1.165) is 34.1 Å². The third-order valence-electron chi connectivity index (χ3n) is 5.45. The number of hydrogen-bond acceptors (Lipinski definition) is 7. The highest BCUT2D eigenvalue weighted by atomic mass is 79.9. The number of rotatable bonds is 10. The summed E-state index contributed by atoms with van der Waals surface area (Å²) in [4.78, 5) is 43.8. The molecule has 0 saturated heterocycles. The second-order valence-electron chi connectivity index (χ2n) is 7.94. The van der Waals surface area contributed by atoms with Gasteiger partial charge in [-0.3, -0.25) is 19.8 Å². The van der Waals surface area contributed by atoms with Gasteiger partial charge in [0, 0.05) is 5.69 Å². The van der Waals surface area contributed by atoms with Gasteiger partial charge in [-0.25, -0.2) is 4.98 Å². The Bertz CT molecular complexity index is 1490. The van der Waals surface area contributed by atoms with Crippen LogP contribution < -0.4 is 21.0 Å². The summed E-state index contributed by atoms with van der Waals surface area (Å²) in [5.74, 6) is -0.239. The van der Waals surface area contributed by atoms with Crippen molar-refractivity contribution in [3.63, 3.8) is 0 Å². The van der Waals surface area contributed by atoms with Crippen LogP contribution in [0.25, 0.3) is 10.2 Å². The summed E-state index contributed by atoms with van der Waals surface area (Å²) in [6.45, 7) is 3.60. The second kappa shape index (κ2) is 12.4. The molecule has 0 bridgehead atoms. The van der Waals surface area contributed by atoms with Crippen molar-refractivity contribution in [1.29, 1.82) is 0 Å². The Morgan fingerprint density at radius 1 is 1.14 bits per heavy atom. The highest BCUT2D eigenvalue weighted by Crippen LogP contribution is 2.27. The summed E-state index contributed by atoms with van der Waals surface area (Å²) in [6.07, 6.45) is 1.27. The molecular formula is C26H25BrN4O4S2. The third-order valence-corrected chi connectivity index (χ3v) is 8.31. The van der Waals surface area contributed by atoms with Gasteiger partial charge in [-0.1, -0.05) is 55.9 Å². The van der Waals surface area contributed by atoms with E-state index in [0.29, 0.717) is 26.9 Å². The lowest BCUT2D eigenvalue weighted by molar-refractivity contribution is -0.119. The lowest BCUT2D eigenvalue weighted by Gasteiger charge is -2.18. The topological polar surface area (TPSA) is 102 Å². The highest BCUT2D eigenvalue weighted by Gasteiger charge is 2.24. The molecule has 8 nitrogen and oxygen atoms in total. The van der Waals surface area contributed by atoms with E-state index in [4.69, 9.17) is 4.74 Å². The fourth-order valence-electron chi connectivity index (χ4n) is 3.55. The normalized spacial score (nSPS) is 11.8. The molecule has 2 N–H and O–H groups in total. The molecule has 0 fully saturated rings. The second-order valence-corrected chi connectivity index (χ2v) is 10.9. The molecule has 4 rings (SSSR count). The van der Waals surface area contributed by atoms with Gasteiger partial charge in [0.05, 0.1) is 15.2 Å². The van der Waals surface area contributed by atoms with Gasteiger partial charge in [-0.2, -0.15) is 4.68 Å². The van der Waals surface area contributed by atoms with Crippen LogP contribution in [0, 0.1) is 0 Å². The number of fused-ring (bicyclic) bond motifs is 1. The highest BCUT2D eigenvalue weighted by molar-refractivity contribution is 9.10. The van der Waals surface area contributed by atoms with Crippen molar-refractivity contribution in [2.24, 2.45) is 0 Å². The van der Waals surface area contributed by atoms with E-state index >= 15 is 0 Å². The maximum atomic E-state index is 13.2. The van der Waals surface area contributed by atoms with Crippen LogP contribution in [0.4, 0.5) is 5.69 Å². The summed E-state index contributed by atoms with van der Waals surface area (Å²) in [7, 11) is 0. The van der Waals surface area contributed by atoms with Crippen LogP contribution >= 0.6 is 39.0 Å². The van der Waals surface area contributed by atoms with Crippen LogP contribution in [0.1, 0.15) is 25.8 Å². The summed E-state index contributed by atoms with van der Waals surface area (Å²) < 4.78 is 7.81. The number of anilines is 1. The Balaban J connectivity index is 1.56. The van der Waals surface area contributed by atoms with Crippen molar-refractivity contribution in [2.45, 2.75) is 37.1 Å². The maximum Gasteiger partial charge on any atom is 0.291 e. The molecule has 0 aliphatic carbocycles. The number of carbonyl (C=O) groups excluding carboxylic acids is 2. The predicted molar refractivity (Wildman–Crippen MR) is 152 cm³/mol. The molecule has 2 amide bonds. The van der Waals surface area contributed by atoms with E-state index in [-0.39, 0.29) is 17.7 Å². The first-order valence-electron chi connectivity index (χ1n) is 11.6. The molecule has 2 heterocycles. The number of amides is 2. The van der Waals surface area contributed by atoms with E-state index in [9.17, 15) is 14.4 Å². The first kappa shape index (κ1) is 26.9. The average molecular weight is 602 g/mol. The van der Waals surface area contributed by atoms with Crippen molar-refractivity contribution in [3.05, 3.63) is 80.4 Å². The first-order valence-corrected chi connectivity index (χ1v) is 14.2. The maximum absolute atomic E-state index is 13.2. The summed E-state index contributed by atoms with van der Waals surface area (Å²) in [6, 6.07) is 16.5. The number of carbonyl (C=O) groups is 2. The average Bonchev–Trinajstić information content (AvgIpc) is 3.38. The van der Waals surface area contributed by atoms with Crippen LogP contribution in [0.3, 0.4) is 0 Å². The number of aromatic nitrogens is 2. The number of nitrogens with one attached hydrogen (secondary N) is 2. The molecule has 2 aromatic carbocycles. The van der Waals surface area contributed by atoms with E-state index in [2.05, 4.69) is 31.7 Å². The van der Waals surface area contributed by atoms with E-state index in [1.165, 1.54) is 11.3 Å². The van der Waals surface area contributed by atoms with Gasteiger partial charge in [-0.05, 0) is 64.0 Å². The van der Waals surface area contributed by atoms with Crippen LogP contribution in [0.2, 0.25) is 0 Å². The van der Waals surface area contributed by atoms with Gasteiger partial charge in [0.2, 0.25) is 5.91 Å². The number of nitrogens with zero attached hydrogens (tertiary/aromatic N) is 2. The molecule has 11 heteroatoms. The smallest absolute Gasteiger partial charge is 0.291 e. The first-order chi connectivity index (χ1) is 17.9. The van der Waals surface area contributed by atoms with E-state index in [1.54, 1.807) is 29.6 Å². The lowest BCUT2D eigenvalue weighted by atomic mass is 10.1. The minimum absolute atomic E-state index is 0.205. The standard InChI is InChI=1S/C26H25BrN4O4S2/c1-3-16-9-5-7-11-18(16)28-24(33)21(4-2)37-26-29-19-13-14-36-23(19)25(34)31(26)30-22(32)15-35-20-12-8-6-10-17(20)27/h5-14,21H,3-4,15H2,1-2H3,(H,28,33)(H,30,32)/t21-/m0/s1. The van der Waals surface area contributed by atoms with Crippen molar-refractivity contribution < 1.29 is 14.3 Å². The molecule has 0 aliphatic heterocycles. The number of thiophene rings is 1. The number of thioether (sulfide) groups is 1. The van der Waals surface area contributed by atoms with Crippen LogP contribution in [0.15, 0.2) is 74.4 Å². The van der Waals surface area contributed by atoms with Crippen LogP contribution in [-0.4, -0.2) is 33.3 Å². The van der Waals surface area contributed by atoms with Crippen molar-refractivity contribution in [2.75, 3.05) is 17.3 Å². The Labute approximate surface area is 230 Å². The third kappa shape index (κ3) is 6.41. The Kier molecular flexibility index (Phi) is 9.01. The van der Waals surface area contributed by atoms with E-state index < -0.39 is 16.7 Å². The van der Waals surface area contributed by atoms with Gasteiger partial charge >= 0.3 is 0 Å². The summed E-state index contributed by atoms with van der Waals surface area (Å²) in [5.41, 5.74) is 4.49. The number of aryl methyl sites for hydroxylation is 1. The van der Waals surface area contributed by atoms with Gasteiger partial charge in [0.25, 0.3) is 11.5 Å². The molecule has 37 heavy (non-hydrogen) atoms. The molecule has 1 atom stereocenters. The zero-order chi connectivity index (χ0) is 26.4. The minimum Gasteiger partial charge on any atom is -0.483 e. The zero-order valence-electron chi connectivity index (χ0n) is 20.2. The monoisotopic (exact) mass is 600 g/mol. The number of benzene rings is 2. The quantitative estimate of drug-likeness (QED) is 0.185. The fraction of sp³-hybridized carbons (Fsp3) is 0.231. The molecule has 0 spiro atoms. The van der Waals surface area contributed by atoms with Gasteiger partial charge in [-0.15, -0.1) is 11.3 Å². The number of hydrogen-bond donors (Lipinski definition) is 2. The molecule has 4 aromatic rings. The fourth-order valence-corrected chi connectivity index (χ4v) is 5.68. The Morgan fingerprint density at radius 2 is 1.89 bits per heavy atom. The summed E-state index contributed by atoms with van der Waals surface area (Å²) in [5, 5.41) is 4.43. The Hall–Kier alpha value is -3.15. The molecule has 0 saturated carbocycles. The molecule has 0 aliphatic rings. The van der Waals surface area contributed by atoms with Crippen molar-refractivity contribution >= 4 is 66.7 Å². The Morgan fingerprint density at radius 3 is 2.65 bits per heavy atom. The van der Waals surface area contributed by atoms with Crippen molar-refractivity contribution in [3.8, 4) is 5.75 Å². The van der Waals surface area contributed by atoms with Gasteiger partial charge < -0.3 is 10.1 Å². The largest absolute Gasteiger partial charge is 0.483 e.